The molecule has 0 aliphatic heterocycles. The van der Waals surface area contributed by atoms with Crippen LogP contribution in [0, 0.1) is 5.92 Å². The summed E-state index contributed by atoms with van der Waals surface area (Å²) in [6.45, 7) is 6.06. The predicted molar refractivity (Wildman–Crippen MR) is 121 cm³/mol. The highest BCUT2D eigenvalue weighted by atomic mass is 32.1. The van der Waals surface area contributed by atoms with Gasteiger partial charge in [-0.1, -0.05) is 56.3 Å². The molecule has 162 valence electrons. The predicted octanol–water partition coefficient (Wildman–Crippen LogP) is 4.71. The summed E-state index contributed by atoms with van der Waals surface area (Å²) >= 11 is 1.50. The molecule has 1 heterocycles. The molecule has 0 saturated heterocycles. The van der Waals surface area contributed by atoms with E-state index in [1.165, 1.54) is 11.3 Å². The third-order valence-corrected chi connectivity index (χ3v) is 5.51. The maximum atomic E-state index is 12.8. The second-order valence-corrected chi connectivity index (χ2v) is 8.10. The van der Waals surface area contributed by atoms with Gasteiger partial charge in [0.05, 0.1) is 17.9 Å². The number of carbonyl (C=O) groups is 2. The first-order valence-electron chi connectivity index (χ1n) is 10.2. The number of amides is 1. The molecule has 1 N–H and O–H groups in total. The third-order valence-electron chi connectivity index (χ3n) is 4.57. The molecule has 7 heteroatoms. The van der Waals surface area contributed by atoms with Gasteiger partial charge in [0, 0.05) is 10.9 Å². The highest BCUT2D eigenvalue weighted by Crippen LogP contribution is 2.24. The van der Waals surface area contributed by atoms with Crippen LogP contribution in [0.1, 0.15) is 36.8 Å². The minimum absolute atomic E-state index is 0.0524. The zero-order valence-corrected chi connectivity index (χ0v) is 18.6. The molecule has 0 aliphatic carbocycles. The zero-order chi connectivity index (χ0) is 22.2. The van der Waals surface area contributed by atoms with Crippen molar-refractivity contribution in [2.24, 2.45) is 5.92 Å². The second-order valence-electron chi connectivity index (χ2n) is 7.24. The number of para-hydroxylation sites is 1. The molecule has 0 saturated carbocycles. The third kappa shape index (κ3) is 5.92. The monoisotopic (exact) mass is 438 g/mol. The number of carbonyl (C=O) groups excluding carboxylic acids is 2. The van der Waals surface area contributed by atoms with Crippen LogP contribution in [0.5, 0.6) is 5.75 Å². The number of benzene rings is 2. The first-order chi connectivity index (χ1) is 15.0. The fraction of sp³-hybridized carbons (Fsp3) is 0.292. The van der Waals surface area contributed by atoms with Crippen molar-refractivity contribution in [2.75, 3.05) is 6.61 Å². The lowest BCUT2D eigenvalue weighted by Crippen LogP contribution is -2.45. The molecule has 6 nitrogen and oxygen atoms in total. The molecule has 3 aromatic rings. The molecule has 1 aromatic heterocycles. The van der Waals surface area contributed by atoms with E-state index in [2.05, 4.69) is 10.3 Å². The number of thiazole rings is 1. The molecule has 1 amide bonds. The Morgan fingerprint density at radius 1 is 1.06 bits per heavy atom. The molecule has 0 bridgehead atoms. The van der Waals surface area contributed by atoms with Crippen LogP contribution in [-0.4, -0.2) is 29.5 Å². The zero-order valence-electron chi connectivity index (χ0n) is 17.8. The Morgan fingerprint density at radius 3 is 2.48 bits per heavy atom. The standard InChI is InChI=1S/C24H26N2O4S/c1-4-29-20-13-9-8-12-19(20)22(27)26-21(16(2)3)24(28)30-14-18-15-31-23(25-18)17-10-6-5-7-11-17/h5-13,15-16,21H,4,14H2,1-3H3,(H,26,27)/t21-/m0/s1. The Morgan fingerprint density at radius 2 is 1.77 bits per heavy atom. The molecule has 0 spiro atoms. The van der Waals surface area contributed by atoms with Crippen molar-refractivity contribution in [1.82, 2.24) is 10.3 Å². The summed E-state index contributed by atoms with van der Waals surface area (Å²) in [4.78, 5) is 30.0. The Bertz CT molecular complexity index is 1020. The van der Waals surface area contributed by atoms with Gasteiger partial charge in [0.2, 0.25) is 0 Å². The van der Waals surface area contributed by atoms with Crippen molar-refractivity contribution in [3.8, 4) is 16.3 Å². The van der Waals surface area contributed by atoms with Gasteiger partial charge >= 0.3 is 5.97 Å². The van der Waals surface area contributed by atoms with Gasteiger partial charge in [0.1, 0.15) is 23.4 Å². The first-order valence-corrected chi connectivity index (χ1v) is 11.1. The van der Waals surface area contributed by atoms with Gasteiger partial charge in [-0.25, -0.2) is 9.78 Å². The average molecular weight is 439 g/mol. The fourth-order valence-electron chi connectivity index (χ4n) is 2.97. The van der Waals surface area contributed by atoms with Crippen LogP contribution in [-0.2, 0) is 16.1 Å². The van der Waals surface area contributed by atoms with Gasteiger partial charge in [-0.15, -0.1) is 11.3 Å². The second kappa shape index (κ2) is 10.7. The molecular weight excluding hydrogens is 412 g/mol. The Kier molecular flexibility index (Phi) is 7.78. The number of esters is 1. The van der Waals surface area contributed by atoms with Gasteiger partial charge in [0.15, 0.2) is 0 Å². The molecule has 31 heavy (non-hydrogen) atoms. The smallest absolute Gasteiger partial charge is 0.329 e. The van der Waals surface area contributed by atoms with Crippen molar-refractivity contribution in [2.45, 2.75) is 33.4 Å². The van der Waals surface area contributed by atoms with E-state index in [-0.39, 0.29) is 18.4 Å². The van der Waals surface area contributed by atoms with Gasteiger partial charge in [0.25, 0.3) is 5.91 Å². The fourth-order valence-corrected chi connectivity index (χ4v) is 3.78. The van der Waals surface area contributed by atoms with Crippen LogP contribution >= 0.6 is 11.3 Å². The van der Waals surface area contributed by atoms with Crippen LogP contribution in [0.25, 0.3) is 10.6 Å². The SMILES string of the molecule is CCOc1ccccc1C(=O)N[C@H](C(=O)OCc1csc(-c2ccccc2)n1)C(C)C. The topological polar surface area (TPSA) is 77.5 Å². The number of aromatic nitrogens is 1. The largest absolute Gasteiger partial charge is 0.493 e. The van der Waals surface area contributed by atoms with Gasteiger partial charge in [-0.2, -0.15) is 0 Å². The molecule has 0 unspecified atom stereocenters. The normalized spacial score (nSPS) is 11.7. The molecule has 0 aliphatic rings. The van der Waals surface area contributed by atoms with Crippen molar-refractivity contribution >= 4 is 23.2 Å². The van der Waals surface area contributed by atoms with E-state index in [0.717, 1.165) is 10.6 Å². The Hall–Kier alpha value is -3.19. The van der Waals surface area contributed by atoms with Crippen LogP contribution in [0.2, 0.25) is 0 Å². The summed E-state index contributed by atoms with van der Waals surface area (Å²) in [7, 11) is 0. The quantitative estimate of drug-likeness (QED) is 0.490. The molecular formula is C24H26N2O4S. The number of nitrogens with one attached hydrogen (secondary N) is 1. The van der Waals surface area contributed by atoms with E-state index in [0.29, 0.717) is 23.6 Å². The molecule has 0 radical (unpaired) electrons. The van der Waals surface area contributed by atoms with Crippen molar-refractivity contribution in [3.05, 3.63) is 71.2 Å². The Balaban J connectivity index is 1.63. The number of rotatable bonds is 9. The van der Waals surface area contributed by atoms with Crippen LogP contribution in [0.3, 0.4) is 0 Å². The number of hydrogen-bond donors (Lipinski definition) is 1. The highest BCUT2D eigenvalue weighted by molar-refractivity contribution is 7.13. The molecule has 0 fully saturated rings. The van der Waals surface area contributed by atoms with Crippen LogP contribution < -0.4 is 10.1 Å². The van der Waals surface area contributed by atoms with Gasteiger partial charge < -0.3 is 14.8 Å². The molecule has 1 atom stereocenters. The number of nitrogens with zero attached hydrogens (tertiary/aromatic N) is 1. The van der Waals surface area contributed by atoms with Crippen molar-refractivity contribution in [1.29, 1.82) is 0 Å². The minimum Gasteiger partial charge on any atom is -0.493 e. The lowest BCUT2D eigenvalue weighted by molar-refractivity contribution is -0.148. The van der Waals surface area contributed by atoms with E-state index in [9.17, 15) is 9.59 Å². The van der Waals surface area contributed by atoms with Crippen LogP contribution in [0.4, 0.5) is 0 Å². The van der Waals surface area contributed by atoms with Gasteiger partial charge in [-0.3, -0.25) is 4.79 Å². The van der Waals surface area contributed by atoms with E-state index in [1.54, 1.807) is 24.3 Å². The number of hydrogen-bond acceptors (Lipinski definition) is 6. The summed E-state index contributed by atoms with van der Waals surface area (Å²) in [5.74, 6) is -0.536. The van der Waals surface area contributed by atoms with Gasteiger partial charge in [-0.05, 0) is 25.0 Å². The van der Waals surface area contributed by atoms with Crippen molar-refractivity contribution in [3.63, 3.8) is 0 Å². The first kappa shape index (κ1) is 22.5. The Labute approximate surface area is 186 Å². The summed E-state index contributed by atoms with van der Waals surface area (Å²) < 4.78 is 11.0. The number of ether oxygens (including phenoxy) is 2. The van der Waals surface area contributed by atoms with Crippen LogP contribution in [0.15, 0.2) is 60.0 Å². The minimum atomic E-state index is -0.783. The summed E-state index contributed by atoms with van der Waals surface area (Å²) in [6.07, 6.45) is 0. The van der Waals surface area contributed by atoms with E-state index < -0.39 is 12.0 Å². The molecule has 3 rings (SSSR count). The lowest BCUT2D eigenvalue weighted by atomic mass is 10.0. The van der Waals surface area contributed by atoms with Crippen molar-refractivity contribution < 1.29 is 19.1 Å². The maximum Gasteiger partial charge on any atom is 0.329 e. The summed E-state index contributed by atoms with van der Waals surface area (Å²) in [6, 6.07) is 16.0. The van der Waals surface area contributed by atoms with E-state index in [1.807, 2.05) is 56.5 Å². The van der Waals surface area contributed by atoms with E-state index in [4.69, 9.17) is 9.47 Å². The molecule has 2 aromatic carbocycles. The lowest BCUT2D eigenvalue weighted by Gasteiger charge is -2.21. The highest BCUT2D eigenvalue weighted by Gasteiger charge is 2.27. The summed E-state index contributed by atoms with van der Waals surface area (Å²) in [5, 5.41) is 5.53. The average Bonchev–Trinajstić information content (AvgIpc) is 3.26. The van der Waals surface area contributed by atoms with E-state index >= 15 is 0 Å². The summed E-state index contributed by atoms with van der Waals surface area (Å²) in [5.41, 5.74) is 2.08. The maximum absolute atomic E-state index is 12.8.